The maximum absolute atomic E-state index is 12.3. The Labute approximate surface area is 138 Å². The van der Waals surface area contributed by atoms with Crippen molar-refractivity contribution in [3.8, 4) is 0 Å². The lowest BCUT2D eigenvalue weighted by molar-refractivity contribution is -0.123. The molecule has 0 aliphatic carbocycles. The summed E-state index contributed by atoms with van der Waals surface area (Å²) < 4.78 is 3.17. The van der Waals surface area contributed by atoms with Crippen LogP contribution in [-0.2, 0) is 11.3 Å². The lowest BCUT2D eigenvalue weighted by Gasteiger charge is -2.15. The zero-order valence-electron chi connectivity index (χ0n) is 13.6. The SMILES string of the molecule is Cc1nccn1[C@H](C)C(=O)NCCn1ncc2ccccc2c1=O. The van der Waals surface area contributed by atoms with Gasteiger partial charge in [0.05, 0.1) is 18.1 Å². The number of amides is 1. The molecule has 0 spiro atoms. The van der Waals surface area contributed by atoms with Gasteiger partial charge in [0.1, 0.15) is 11.9 Å². The molecular formula is C17H19N5O2. The van der Waals surface area contributed by atoms with Crippen LogP contribution in [0.15, 0.2) is 47.7 Å². The molecule has 1 atom stereocenters. The fourth-order valence-corrected chi connectivity index (χ4v) is 2.64. The molecule has 1 amide bonds. The number of carbonyl (C=O) groups excluding carboxylic acids is 1. The topological polar surface area (TPSA) is 81.8 Å². The van der Waals surface area contributed by atoms with Gasteiger partial charge in [0.25, 0.3) is 5.56 Å². The van der Waals surface area contributed by atoms with Crippen LogP contribution >= 0.6 is 0 Å². The van der Waals surface area contributed by atoms with Gasteiger partial charge in [-0.3, -0.25) is 9.59 Å². The van der Waals surface area contributed by atoms with Crippen LogP contribution in [0.4, 0.5) is 0 Å². The first kappa shape index (κ1) is 15.9. The quantitative estimate of drug-likeness (QED) is 0.766. The number of nitrogens with one attached hydrogen (secondary N) is 1. The second-order valence-corrected chi connectivity index (χ2v) is 5.61. The zero-order chi connectivity index (χ0) is 17.1. The van der Waals surface area contributed by atoms with Gasteiger partial charge in [0, 0.05) is 24.3 Å². The van der Waals surface area contributed by atoms with E-state index in [1.54, 1.807) is 29.2 Å². The summed E-state index contributed by atoms with van der Waals surface area (Å²) in [7, 11) is 0. The highest BCUT2D eigenvalue weighted by Crippen LogP contribution is 2.08. The van der Waals surface area contributed by atoms with E-state index in [0.29, 0.717) is 18.5 Å². The first-order valence-corrected chi connectivity index (χ1v) is 7.80. The van der Waals surface area contributed by atoms with Crippen molar-refractivity contribution in [2.45, 2.75) is 26.4 Å². The summed E-state index contributed by atoms with van der Waals surface area (Å²) in [5.74, 6) is 0.662. The van der Waals surface area contributed by atoms with Crippen LogP contribution in [0.1, 0.15) is 18.8 Å². The van der Waals surface area contributed by atoms with Gasteiger partial charge >= 0.3 is 0 Å². The Balaban J connectivity index is 1.64. The summed E-state index contributed by atoms with van der Waals surface area (Å²) in [6, 6.07) is 6.97. The second-order valence-electron chi connectivity index (χ2n) is 5.61. The molecule has 0 saturated heterocycles. The number of hydrogen-bond acceptors (Lipinski definition) is 4. The molecule has 0 aliphatic rings. The van der Waals surface area contributed by atoms with E-state index in [0.717, 1.165) is 11.2 Å². The molecule has 1 aromatic carbocycles. The van der Waals surface area contributed by atoms with Crippen LogP contribution in [0.5, 0.6) is 0 Å². The van der Waals surface area contributed by atoms with Crippen molar-refractivity contribution in [3.63, 3.8) is 0 Å². The smallest absolute Gasteiger partial charge is 0.274 e. The molecule has 2 aromatic heterocycles. The van der Waals surface area contributed by atoms with Crippen LogP contribution in [0.2, 0.25) is 0 Å². The minimum Gasteiger partial charge on any atom is -0.352 e. The average molecular weight is 325 g/mol. The van der Waals surface area contributed by atoms with Crippen molar-refractivity contribution >= 4 is 16.7 Å². The van der Waals surface area contributed by atoms with Gasteiger partial charge in [-0.25, -0.2) is 9.67 Å². The van der Waals surface area contributed by atoms with Gasteiger partial charge in [0.15, 0.2) is 0 Å². The van der Waals surface area contributed by atoms with E-state index in [1.165, 1.54) is 4.68 Å². The van der Waals surface area contributed by atoms with Gasteiger partial charge in [-0.2, -0.15) is 5.10 Å². The Morgan fingerprint density at radius 3 is 2.88 bits per heavy atom. The van der Waals surface area contributed by atoms with Crippen molar-refractivity contribution in [3.05, 3.63) is 59.0 Å². The molecule has 3 aromatic rings. The maximum atomic E-state index is 12.3. The van der Waals surface area contributed by atoms with Gasteiger partial charge < -0.3 is 9.88 Å². The number of benzene rings is 1. The van der Waals surface area contributed by atoms with Crippen molar-refractivity contribution in [2.75, 3.05) is 6.54 Å². The lowest BCUT2D eigenvalue weighted by Crippen LogP contribution is -2.35. The first-order valence-electron chi connectivity index (χ1n) is 7.80. The fraction of sp³-hybridized carbons (Fsp3) is 0.294. The van der Waals surface area contributed by atoms with Crippen molar-refractivity contribution in [1.82, 2.24) is 24.6 Å². The van der Waals surface area contributed by atoms with E-state index in [1.807, 2.05) is 32.0 Å². The Morgan fingerprint density at radius 2 is 2.12 bits per heavy atom. The van der Waals surface area contributed by atoms with E-state index in [9.17, 15) is 9.59 Å². The summed E-state index contributed by atoms with van der Waals surface area (Å²) in [6.45, 7) is 4.32. The van der Waals surface area contributed by atoms with Gasteiger partial charge in [-0.05, 0) is 19.9 Å². The number of imidazole rings is 1. The monoisotopic (exact) mass is 325 g/mol. The highest BCUT2D eigenvalue weighted by Gasteiger charge is 2.15. The van der Waals surface area contributed by atoms with Crippen LogP contribution in [0.3, 0.4) is 0 Å². The Bertz CT molecular complexity index is 928. The van der Waals surface area contributed by atoms with E-state index in [-0.39, 0.29) is 17.5 Å². The zero-order valence-corrected chi connectivity index (χ0v) is 13.6. The number of hydrogen-bond donors (Lipinski definition) is 1. The summed E-state index contributed by atoms with van der Waals surface area (Å²) in [5.41, 5.74) is -0.152. The number of aromatic nitrogens is 4. The summed E-state index contributed by atoms with van der Waals surface area (Å²) in [6.07, 6.45) is 5.10. The van der Waals surface area contributed by atoms with Crippen molar-refractivity contribution < 1.29 is 4.79 Å². The molecule has 0 aliphatic heterocycles. The lowest BCUT2D eigenvalue weighted by atomic mass is 10.2. The van der Waals surface area contributed by atoms with Gasteiger partial charge in [-0.15, -0.1) is 0 Å². The third kappa shape index (κ3) is 3.05. The third-order valence-electron chi connectivity index (χ3n) is 4.04. The predicted molar refractivity (Wildman–Crippen MR) is 90.7 cm³/mol. The fourth-order valence-electron chi connectivity index (χ4n) is 2.64. The molecule has 0 radical (unpaired) electrons. The number of rotatable bonds is 5. The molecule has 0 unspecified atom stereocenters. The van der Waals surface area contributed by atoms with Crippen molar-refractivity contribution in [2.24, 2.45) is 0 Å². The summed E-state index contributed by atoms with van der Waals surface area (Å²) >= 11 is 0. The molecule has 0 saturated carbocycles. The van der Waals surface area contributed by atoms with E-state index < -0.39 is 0 Å². The molecule has 7 heteroatoms. The molecule has 1 N–H and O–H groups in total. The van der Waals surface area contributed by atoms with Gasteiger partial charge in [0.2, 0.25) is 5.91 Å². The molecule has 124 valence electrons. The first-order chi connectivity index (χ1) is 11.6. The Kier molecular flexibility index (Phi) is 4.41. The Morgan fingerprint density at radius 1 is 1.33 bits per heavy atom. The molecule has 0 fully saturated rings. The van der Waals surface area contributed by atoms with E-state index >= 15 is 0 Å². The molecule has 2 heterocycles. The largest absolute Gasteiger partial charge is 0.352 e. The van der Waals surface area contributed by atoms with Gasteiger partial charge in [-0.1, -0.05) is 18.2 Å². The molecule has 0 bridgehead atoms. The van der Waals surface area contributed by atoms with E-state index in [2.05, 4.69) is 15.4 Å². The summed E-state index contributed by atoms with van der Waals surface area (Å²) in [4.78, 5) is 28.7. The molecule has 3 rings (SSSR count). The second kappa shape index (κ2) is 6.66. The van der Waals surface area contributed by atoms with Crippen LogP contribution < -0.4 is 10.9 Å². The average Bonchev–Trinajstić information content (AvgIpc) is 3.02. The number of nitrogens with zero attached hydrogens (tertiary/aromatic N) is 4. The molecule has 7 nitrogen and oxygen atoms in total. The Hall–Kier alpha value is -2.96. The number of carbonyl (C=O) groups is 1. The minimum absolute atomic E-state index is 0.120. The summed E-state index contributed by atoms with van der Waals surface area (Å²) in [5, 5.41) is 8.42. The standard InChI is InChI=1S/C17H19N5O2/c1-12(21-9-7-18-13(21)2)16(23)19-8-10-22-17(24)15-6-4-3-5-14(15)11-20-22/h3-7,9,11-12H,8,10H2,1-2H3,(H,19,23)/t12-/m1/s1. The van der Waals surface area contributed by atoms with E-state index in [4.69, 9.17) is 0 Å². The molecular weight excluding hydrogens is 306 g/mol. The highest BCUT2D eigenvalue weighted by atomic mass is 16.2. The highest BCUT2D eigenvalue weighted by molar-refractivity contribution is 5.80. The number of fused-ring (bicyclic) bond motifs is 1. The minimum atomic E-state index is -0.353. The van der Waals surface area contributed by atoms with Crippen LogP contribution in [0.25, 0.3) is 10.8 Å². The number of aryl methyl sites for hydroxylation is 1. The van der Waals surface area contributed by atoms with Crippen LogP contribution in [0, 0.1) is 6.92 Å². The molecule has 24 heavy (non-hydrogen) atoms. The maximum Gasteiger partial charge on any atom is 0.274 e. The van der Waals surface area contributed by atoms with Crippen molar-refractivity contribution in [1.29, 1.82) is 0 Å². The normalized spacial score (nSPS) is 12.2. The third-order valence-corrected chi connectivity index (χ3v) is 4.04. The predicted octanol–water partition coefficient (Wildman–Crippen LogP) is 1.28. The van der Waals surface area contributed by atoms with Crippen LogP contribution in [-0.4, -0.2) is 31.8 Å².